The molecule has 0 rings (SSSR count). The molecule has 0 unspecified atom stereocenters. The number of rotatable bonds is 0. The van der Waals surface area contributed by atoms with Crippen molar-refractivity contribution in [1.29, 1.82) is 0 Å². The van der Waals surface area contributed by atoms with Gasteiger partial charge in [0, 0.05) is 0 Å². The van der Waals surface area contributed by atoms with Crippen LogP contribution in [0.25, 0.3) is 0 Å². The Morgan fingerprint density at radius 1 is 0.778 bits per heavy atom. The van der Waals surface area contributed by atoms with E-state index in [9.17, 15) is 0 Å². The van der Waals surface area contributed by atoms with Crippen LogP contribution < -0.4 is 0 Å². The van der Waals surface area contributed by atoms with Gasteiger partial charge in [-0.15, -0.1) is 0 Å². The second-order valence-corrected chi connectivity index (χ2v) is 0. The van der Waals surface area contributed by atoms with Crippen LogP contribution in [0, 0.1) is 0 Å². The zero-order valence-electron chi connectivity index (χ0n) is 3.61. The Hall–Kier alpha value is -0.154. The van der Waals surface area contributed by atoms with Crippen molar-refractivity contribution in [2.24, 2.45) is 0 Å². The van der Waals surface area contributed by atoms with Crippen LogP contribution in [0.5, 0.6) is 0 Å². The van der Waals surface area contributed by atoms with E-state index < -0.39 is 0 Å². The van der Waals surface area contributed by atoms with Gasteiger partial charge < -0.3 is 0 Å². The SMILES string of the molecule is F.F.F.F.F.OF.[O]=[Co]. The Kier molecular flexibility index (Phi) is 277000. The molecule has 0 amide bonds. The Bertz CT molecular complexity index is 11.0. The molecule has 0 aliphatic rings. The second-order valence-electron chi connectivity index (χ2n) is 0. The van der Waals surface area contributed by atoms with Crippen molar-refractivity contribution in [1.82, 2.24) is 0 Å². The summed E-state index contributed by atoms with van der Waals surface area (Å²) in [4.78, 5) is 0. The van der Waals surface area contributed by atoms with Crippen LogP contribution in [0.15, 0.2) is 0 Å². The van der Waals surface area contributed by atoms with E-state index in [1.807, 2.05) is 0 Å². The van der Waals surface area contributed by atoms with E-state index in [4.69, 9.17) is 13.7 Å². The van der Waals surface area contributed by atoms with E-state index in [2.05, 4.69) is 15.7 Å². The zero-order chi connectivity index (χ0) is 4.00. The standard InChI is InChI=1S/Co.FHO.5FH.O/c;1-2;;;;;;/h;2H;5*1H;. The van der Waals surface area contributed by atoms with E-state index in [0.29, 0.717) is 0 Å². The van der Waals surface area contributed by atoms with Crippen LogP contribution in [0.2, 0.25) is 0 Å². The molecule has 0 saturated carbocycles. The summed E-state index contributed by atoms with van der Waals surface area (Å²) in [7, 11) is 0. The van der Waals surface area contributed by atoms with Crippen molar-refractivity contribution >= 4 is 0 Å². The Morgan fingerprint density at radius 3 is 0.778 bits per heavy atom. The Morgan fingerprint density at radius 2 is 0.778 bits per heavy atom. The van der Waals surface area contributed by atoms with E-state index in [-0.39, 0.29) is 23.5 Å². The fraction of sp³-hybridized carbons (Fsp3) is 0. The predicted octanol–water partition coefficient (Wildman–Crippen LogP) is 0.504. The fourth-order valence-electron chi connectivity index (χ4n) is 0. The monoisotopic (exact) mass is 211 g/mol. The van der Waals surface area contributed by atoms with Gasteiger partial charge in [-0.1, -0.05) is 4.53 Å². The van der Waals surface area contributed by atoms with Gasteiger partial charge in [0.1, 0.15) is 0 Å². The first-order valence-corrected chi connectivity index (χ1v) is 0.730. The summed E-state index contributed by atoms with van der Waals surface area (Å²) >= 11 is 2.31. The molecule has 0 radical (unpaired) electrons. The van der Waals surface area contributed by atoms with E-state index in [1.54, 1.807) is 0 Å². The molecule has 0 heterocycles. The van der Waals surface area contributed by atoms with Gasteiger partial charge >= 0.3 is 19.5 Å². The van der Waals surface area contributed by atoms with E-state index in [0.717, 1.165) is 0 Å². The van der Waals surface area contributed by atoms with Gasteiger partial charge in [0.2, 0.25) is 0 Å². The van der Waals surface area contributed by atoms with Crippen molar-refractivity contribution in [3.05, 3.63) is 0 Å². The van der Waals surface area contributed by atoms with E-state index in [1.165, 1.54) is 0 Å². The van der Waals surface area contributed by atoms with Gasteiger partial charge in [-0.25, -0.2) is 5.31 Å². The molecular formula is H6CoF6O2. The molecule has 9 heavy (non-hydrogen) atoms. The van der Waals surface area contributed by atoms with Gasteiger partial charge in [0.25, 0.3) is 0 Å². The van der Waals surface area contributed by atoms with Crippen molar-refractivity contribution in [3.8, 4) is 0 Å². The average molecular weight is 211 g/mol. The maximum atomic E-state index is 8.50. The van der Waals surface area contributed by atoms with Crippen molar-refractivity contribution in [3.63, 3.8) is 0 Å². The van der Waals surface area contributed by atoms with Crippen LogP contribution in [-0.2, 0) is 19.5 Å². The molecule has 0 spiro atoms. The molecule has 0 saturated heterocycles. The van der Waals surface area contributed by atoms with Gasteiger partial charge in [0.05, 0.1) is 0 Å². The summed E-state index contributed by atoms with van der Waals surface area (Å²) in [6.07, 6.45) is 0. The molecule has 0 aromatic rings. The summed E-state index contributed by atoms with van der Waals surface area (Å²) in [6.45, 7) is 0. The van der Waals surface area contributed by atoms with Gasteiger partial charge in [-0.2, -0.15) is 0 Å². The first kappa shape index (κ1) is 160. The van der Waals surface area contributed by atoms with Crippen molar-refractivity contribution in [2.75, 3.05) is 0 Å². The summed E-state index contributed by atoms with van der Waals surface area (Å²) in [5.74, 6) is 0. The van der Waals surface area contributed by atoms with Crippen molar-refractivity contribution < 1.29 is 52.9 Å². The van der Waals surface area contributed by atoms with E-state index >= 15 is 0 Å². The normalized spacial score (nSPS) is 1.22. The molecule has 0 atom stereocenters. The number of hydrogen-bond donors (Lipinski definition) is 1. The third kappa shape index (κ3) is 11400. The van der Waals surface area contributed by atoms with Crippen molar-refractivity contribution in [2.45, 2.75) is 0 Å². The first-order valence-electron chi connectivity index (χ1n) is 0.305. The minimum absolute atomic E-state index is 0. The summed E-state index contributed by atoms with van der Waals surface area (Å²) in [6, 6.07) is 0. The summed E-state index contributed by atoms with van der Waals surface area (Å²) in [5.41, 5.74) is 0. The van der Waals surface area contributed by atoms with Crippen LogP contribution in [0.4, 0.5) is 28.0 Å². The van der Waals surface area contributed by atoms with Gasteiger partial charge in [-0.3, -0.25) is 23.5 Å². The molecule has 0 bridgehead atoms. The Balaban J connectivity index is -0.00000000114. The molecule has 0 aliphatic carbocycles. The number of halogens is 6. The average Bonchev–Trinajstić information content (AvgIpc) is 1.50. The summed E-state index contributed by atoms with van der Waals surface area (Å²) < 4.78 is 16.4. The molecule has 69 valence electrons. The molecule has 9 heteroatoms. The Labute approximate surface area is 54.0 Å². The topological polar surface area (TPSA) is 37.3 Å². The molecule has 1 N–H and O–H groups in total. The molecule has 0 aromatic heterocycles. The molecule has 0 aromatic carbocycles. The van der Waals surface area contributed by atoms with Gasteiger partial charge in [-0.05, 0) is 0 Å². The van der Waals surface area contributed by atoms with Crippen LogP contribution in [0.3, 0.4) is 0 Å². The minimum atomic E-state index is 0. The quantitative estimate of drug-likeness (QED) is 0.592. The van der Waals surface area contributed by atoms with Crippen LogP contribution >= 0.6 is 0 Å². The predicted molar refractivity (Wildman–Crippen MR) is 16.5 cm³/mol. The molecule has 2 nitrogen and oxygen atoms in total. The molecular weight excluding hydrogens is 205 g/mol. The molecule has 0 fully saturated rings. The first-order chi connectivity index (χ1) is 2.00. The zero-order valence-corrected chi connectivity index (χ0v) is 4.65. The molecule has 0 aliphatic heterocycles. The maximum absolute atomic E-state index is 8.50. The third-order valence-corrected chi connectivity index (χ3v) is 0. The second kappa shape index (κ2) is 15600. The van der Waals surface area contributed by atoms with Gasteiger partial charge in [0.15, 0.2) is 0 Å². The summed E-state index contributed by atoms with van der Waals surface area (Å²) in [5, 5.41) is 5.50. The third-order valence-electron chi connectivity index (χ3n) is 0. The van der Waals surface area contributed by atoms with Crippen LogP contribution in [-0.4, -0.2) is 5.31 Å². The van der Waals surface area contributed by atoms with Crippen LogP contribution in [0.1, 0.15) is 0 Å². The fourth-order valence-corrected chi connectivity index (χ4v) is 0. The number of hydrogen-bond acceptors (Lipinski definition) is 2.